The molecule has 0 aliphatic carbocycles. The van der Waals surface area contributed by atoms with Gasteiger partial charge in [0, 0.05) is 0 Å². The second-order valence-corrected chi connectivity index (χ2v) is 5.78. The zero-order chi connectivity index (χ0) is 19.2. The number of fused-ring (bicyclic) bond motifs is 1. The zero-order valence-electron chi connectivity index (χ0n) is 14.6. The van der Waals surface area contributed by atoms with Crippen molar-refractivity contribution in [3.63, 3.8) is 0 Å². The normalized spacial score (nSPS) is 13.0. The van der Waals surface area contributed by atoms with Crippen molar-refractivity contribution in [2.45, 2.75) is 13.0 Å². The molecule has 0 fully saturated rings. The van der Waals surface area contributed by atoms with Crippen LogP contribution in [-0.2, 0) is 14.3 Å². The highest BCUT2D eigenvalue weighted by atomic mass is 19.1. The van der Waals surface area contributed by atoms with E-state index in [1.54, 1.807) is 25.1 Å². The van der Waals surface area contributed by atoms with Gasteiger partial charge in [0.05, 0.1) is 6.04 Å². The lowest BCUT2D eigenvalue weighted by molar-refractivity contribution is -0.150. The Bertz CT molecular complexity index is 841. The minimum absolute atomic E-state index is 0.0599. The minimum Gasteiger partial charge on any atom is -0.479 e. The number of ether oxygens (including phenoxy) is 4. The lowest BCUT2D eigenvalue weighted by Gasteiger charge is -2.15. The molecule has 7 nitrogen and oxygen atoms in total. The molecule has 27 heavy (non-hydrogen) atoms. The first-order valence-electron chi connectivity index (χ1n) is 8.25. The maximum Gasteiger partial charge on any atom is 0.344 e. The van der Waals surface area contributed by atoms with Crippen LogP contribution in [0.15, 0.2) is 42.5 Å². The summed E-state index contributed by atoms with van der Waals surface area (Å²) in [6, 6.07) is 10.7. The van der Waals surface area contributed by atoms with E-state index in [1.807, 2.05) is 6.07 Å². The molecule has 1 aliphatic heterocycles. The van der Waals surface area contributed by atoms with Gasteiger partial charge in [-0.05, 0) is 36.8 Å². The molecule has 3 rings (SSSR count). The Morgan fingerprint density at radius 3 is 2.74 bits per heavy atom. The Hall–Kier alpha value is -3.29. The number of esters is 1. The van der Waals surface area contributed by atoms with Gasteiger partial charge < -0.3 is 24.3 Å². The smallest absolute Gasteiger partial charge is 0.344 e. The first-order chi connectivity index (χ1) is 13.0. The first kappa shape index (κ1) is 18.5. The standard InChI is InChI=1S/C19H18FNO6/c1-12(13-6-7-16-17(8-13)27-11-26-16)21-18(22)9-25-19(23)10-24-15-5-3-2-4-14(15)20/h2-8,12H,9-11H2,1H3,(H,21,22)/t12-/m0/s1. The zero-order valence-corrected chi connectivity index (χ0v) is 14.6. The van der Waals surface area contributed by atoms with Crippen molar-refractivity contribution in [3.8, 4) is 17.2 Å². The fourth-order valence-electron chi connectivity index (χ4n) is 2.44. The van der Waals surface area contributed by atoms with E-state index in [0.29, 0.717) is 11.5 Å². The number of amides is 1. The fraction of sp³-hybridized carbons (Fsp3) is 0.263. The minimum atomic E-state index is -0.774. The number of carbonyl (C=O) groups is 2. The summed E-state index contributed by atoms with van der Waals surface area (Å²) < 4.78 is 33.8. The number of halogens is 1. The van der Waals surface area contributed by atoms with Gasteiger partial charge in [-0.3, -0.25) is 4.79 Å². The van der Waals surface area contributed by atoms with Crippen LogP contribution in [0, 0.1) is 5.82 Å². The van der Waals surface area contributed by atoms with Crippen molar-refractivity contribution in [1.29, 1.82) is 0 Å². The summed E-state index contributed by atoms with van der Waals surface area (Å²) in [7, 11) is 0. The average molecular weight is 375 g/mol. The average Bonchev–Trinajstić information content (AvgIpc) is 3.13. The van der Waals surface area contributed by atoms with Crippen LogP contribution < -0.4 is 19.5 Å². The third-order valence-electron chi connectivity index (χ3n) is 3.82. The Morgan fingerprint density at radius 2 is 1.93 bits per heavy atom. The molecule has 2 aromatic carbocycles. The molecule has 8 heteroatoms. The van der Waals surface area contributed by atoms with E-state index in [1.165, 1.54) is 18.2 Å². The first-order valence-corrected chi connectivity index (χ1v) is 8.25. The molecule has 0 saturated carbocycles. The second kappa shape index (κ2) is 8.39. The van der Waals surface area contributed by atoms with Gasteiger partial charge in [-0.25, -0.2) is 9.18 Å². The molecule has 142 valence electrons. The Kier molecular flexibility index (Phi) is 5.75. The van der Waals surface area contributed by atoms with Crippen LogP contribution in [0.5, 0.6) is 17.2 Å². The lowest BCUT2D eigenvalue weighted by Crippen LogP contribution is -2.32. The van der Waals surface area contributed by atoms with Crippen LogP contribution in [-0.4, -0.2) is 31.9 Å². The van der Waals surface area contributed by atoms with Crippen LogP contribution in [0.25, 0.3) is 0 Å². The van der Waals surface area contributed by atoms with Crippen LogP contribution in [0.4, 0.5) is 4.39 Å². The van der Waals surface area contributed by atoms with Gasteiger partial charge >= 0.3 is 5.97 Å². The Labute approximate surface area is 155 Å². The summed E-state index contributed by atoms with van der Waals surface area (Å²) in [6.45, 7) is 1.00. The van der Waals surface area contributed by atoms with Crippen LogP contribution >= 0.6 is 0 Å². The quantitative estimate of drug-likeness (QED) is 0.748. The third kappa shape index (κ3) is 4.87. The third-order valence-corrected chi connectivity index (χ3v) is 3.82. The topological polar surface area (TPSA) is 83.1 Å². The van der Waals surface area contributed by atoms with Gasteiger partial charge in [0.15, 0.2) is 36.3 Å². The molecular formula is C19H18FNO6. The van der Waals surface area contributed by atoms with Crippen molar-refractivity contribution in [2.24, 2.45) is 0 Å². The van der Waals surface area contributed by atoms with E-state index in [0.717, 1.165) is 5.56 Å². The van der Waals surface area contributed by atoms with Gasteiger partial charge in [0.1, 0.15) is 0 Å². The van der Waals surface area contributed by atoms with Crippen molar-refractivity contribution in [1.82, 2.24) is 5.32 Å². The monoisotopic (exact) mass is 375 g/mol. The highest BCUT2D eigenvalue weighted by Crippen LogP contribution is 2.34. The summed E-state index contributed by atoms with van der Waals surface area (Å²) in [4.78, 5) is 23.6. The van der Waals surface area contributed by atoms with Crippen LogP contribution in [0.1, 0.15) is 18.5 Å². The summed E-state index contributed by atoms with van der Waals surface area (Å²) in [5.41, 5.74) is 0.821. The highest BCUT2D eigenvalue weighted by Gasteiger charge is 2.17. The molecule has 0 radical (unpaired) electrons. The SMILES string of the molecule is C[C@H](NC(=O)COC(=O)COc1ccccc1F)c1ccc2c(c1)OCO2. The summed E-state index contributed by atoms with van der Waals surface area (Å²) in [6.07, 6.45) is 0. The number of para-hydroxylation sites is 1. The van der Waals surface area contributed by atoms with E-state index in [9.17, 15) is 14.0 Å². The van der Waals surface area contributed by atoms with Gasteiger partial charge in [0.2, 0.25) is 6.79 Å². The molecule has 0 aromatic heterocycles. The number of rotatable bonds is 7. The molecule has 0 unspecified atom stereocenters. The largest absolute Gasteiger partial charge is 0.479 e. The number of carbonyl (C=O) groups excluding carboxylic acids is 2. The molecule has 0 saturated heterocycles. The van der Waals surface area contributed by atoms with Crippen LogP contribution in [0.2, 0.25) is 0 Å². The number of benzene rings is 2. The van der Waals surface area contributed by atoms with Crippen molar-refractivity contribution in [2.75, 3.05) is 20.0 Å². The predicted octanol–water partition coefficient (Wildman–Crippen LogP) is 2.35. The van der Waals surface area contributed by atoms with Gasteiger partial charge in [-0.1, -0.05) is 18.2 Å². The van der Waals surface area contributed by atoms with Crippen molar-refractivity contribution < 1.29 is 32.9 Å². The molecule has 0 spiro atoms. The molecule has 1 N–H and O–H groups in total. The molecule has 0 bridgehead atoms. The molecule has 1 amide bonds. The van der Waals surface area contributed by atoms with Gasteiger partial charge in [0.25, 0.3) is 5.91 Å². The molecule has 1 atom stereocenters. The van der Waals surface area contributed by atoms with E-state index in [2.05, 4.69) is 5.32 Å². The van der Waals surface area contributed by atoms with Crippen molar-refractivity contribution >= 4 is 11.9 Å². The second-order valence-electron chi connectivity index (χ2n) is 5.78. The predicted molar refractivity (Wildman–Crippen MR) is 92.0 cm³/mol. The van der Waals surface area contributed by atoms with Gasteiger partial charge in [-0.15, -0.1) is 0 Å². The Balaban J connectivity index is 1.42. The summed E-state index contributed by atoms with van der Waals surface area (Å²) >= 11 is 0. The fourth-order valence-corrected chi connectivity index (χ4v) is 2.44. The van der Waals surface area contributed by atoms with E-state index >= 15 is 0 Å². The highest BCUT2D eigenvalue weighted by molar-refractivity contribution is 5.81. The maximum atomic E-state index is 13.4. The molecule has 2 aromatic rings. The maximum absolute atomic E-state index is 13.4. The van der Waals surface area contributed by atoms with Gasteiger partial charge in [-0.2, -0.15) is 0 Å². The molecule has 1 heterocycles. The lowest BCUT2D eigenvalue weighted by atomic mass is 10.1. The summed E-state index contributed by atoms with van der Waals surface area (Å²) in [5.74, 6) is -0.620. The van der Waals surface area contributed by atoms with E-state index < -0.39 is 30.9 Å². The summed E-state index contributed by atoms with van der Waals surface area (Å²) in [5, 5.41) is 2.71. The van der Waals surface area contributed by atoms with Crippen LogP contribution in [0.3, 0.4) is 0 Å². The molecule has 1 aliphatic rings. The van der Waals surface area contributed by atoms with Crippen molar-refractivity contribution in [3.05, 3.63) is 53.8 Å². The van der Waals surface area contributed by atoms with E-state index in [4.69, 9.17) is 18.9 Å². The molecular weight excluding hydrogens is 357 g/mol. The van der Waals surface area contributed by atoms with E-state index in [-0.39, 0.29) is 18.6 Å². The Morgan fingerprint density at radius 1 is 1.15 bits per heavy atom. The number of hydrogen-bond acceptors (Lipinski definition) is 6. The number of hydrogen-bond donors (Lipinski definition) is 1. The number of nitrogens with one attached hydrogen (secondary N) is 1.